The number of nitrogens with zero attached hydrogens (tertiary/aromatic N) is 1. The lowest BCUT2D eigenvalue weighted by molar-refractivity contribution is -0.116. The Morgan fingerprint density at radius 2 is 2.08 bits per heavy atom. The van der Waals surface area contributed by atoms with Crippen LogP contribution in [-0.4, -0.2) is 29.1 Å². The minimum absolute atomic E-state index is 0.00324. The fourth-order valence-corrected chi connectivity index (χ4v) is 2.75. The molecule has 0 fully saturated rings. The van der Waals surface area contributed by atoms with Crippen LogP contribution < -0.4 is 10.6 Å². The van der Waals surface area contributed by atoms with Gasteiger partial charge < -0.3 is 10.6 Å². The lowest BCUT2D eigenvalue weighted by atomic mass is 10.2. The van der Waals surface area contributed by atoms with Crippen molar-refractivity contribution in [3.05, 3.63) is 45.7 Å². The van der Waals surface area contributed by atoms with Gasteiger partial charge in [0.2, 0.25) is 5.91 Å². The molecule has 0 atom stereocenters. The number of nitrogens with one attached hydrogen (secondary N) is 2. The zero-order chi connectivity index (χ0) is 17.7. The van der Waals surface area contributed by atoms with Crippen molar-refractivity contribution in [1.82, 2.24) is 10.3 Å². The normalized spacial score (nSPS) is 10.3. The highest BCUT2D eigenvalue weighted by atomic mass is 35.5. The number of thiazole rings is 1. The number of aromatic nitrogens is 1. The SMILES string of the molecule is CC(=O)c1csc(NC(=O)CCNC(=O)c2ccc(F)cc2Cl)n1. The zero-order valence-corrected chi connectivity index (χ0v) is 14.1. The first-order valence-corrected chi connectivity index (χ1v) is 8.12. The molecule has 1 heterocycles. The van der Waals surface area contributed by atoms with Crippen LogP contribution in [-0.2, 0) is 4.79 Å². The van der Waals surface area contributed by atoms with Crippen LogP contribution in [0.1, 0.15) is 34.2 Å². The van der Waals surface area contributed by atoms with Crippen LogP contribution in [0.25, 0.3) is 0 Å². The molecule has 0 unspecified atom stereocenters. The van der Waals surface area contributed by atoms with Crippen molar-refractivity contribution in [3.8, 4) is 0 Å². The van der Waals surface area contributed by atoms with Gasteiger partial charge in [-0.3, -0.25) is 14.4 Å². The number of halogens is 2. The number of rotatable bonds is 6. The van der Waals surface area contributed by atoms with Crippen molar-refractivity contribution in [2.45, 2.75) is 13.3 Å². The summed E-state index contributed by atoms with van der Waals surface area (Å²) in [5, 5.41) is 6.93. The van der Waals surface area contributed by atoms with E-state index >= 15 is 0 Å². The Morgan fingerprint density at radius 1 is 1.33 bits per heavy atom. The number of benzene rings is 1. The average Bonchev–Trinajstić information content (AvgIpc) is 2.95. The number of carbonyl (C=O) groups excluding carboxylic acids is 3. The molecule has 6 nitrogen and oxygen atoms in total. The molecule has 0 aliphatic heterocycles. The topological polar surface area (TPSA) is 88.2 Å². The van der Waals surface area contributed by atoms with Gasteiger partial charge in [0, 0.05) is 25.3 Å². The molecule has 126 valence electrons. The lowest BCUT2D eigenvalue weighted by Crippen LogP contribution is -2.27. The van der Waals surface area contributed by atoms with E-state index < -0.39 is 11.7 Å². The van der Waals surface area contributed by atoms with E-state index in [4.69, 9.17) is 11.6 Å². The molecule has 2 rings (SSSR count). The Balaban J connectivity index is 1.81. The number of ketones is 1. The summed E-state index contributed by atoms with van der Waals surface area (Å²) in [7, 11) is 0. The Labute approximate surface area is 146 Å². The predicted octanol–water partition coefficient (Wildman–Crippen LogP) is 2.90. The molecule has 0 saturated heterocycles. The first kappa shape index (κ1) is 18.0. The maximum atomic E-state index is 12.9. The van der Waals surface area contributed by atoms with Crippen molar-refractivity contribution in [1.29, 1.82) is 0 Å². The first-order chi connectivity index (χ1) is 11.4. The van der Waals surface area contributed by atoms with Crippen LogP contribution in [0, 0.1) is 5.82 Å². The Bertz CT molecular complexity index is 794. The highest BCUT2D eigenvalue weighted by Crippen LogP contribution is 2.17. The fraction of sp³-hybridized carbons (Fsp3) is 0.200. The van der Waals surface area contributed by atoms with E-state index in [0.29, 0.717) is 5.13 Å². The van der Waals surface area contributed by atoms with E-state index in [2.05, 4.69) is 15.6 Å². The average molecular weight is 370 g/mol. The molecule has 9 heteroatoms. The van der Waals surface area contributed by atoms with Crippen molar-refractivity contribution in [2.75, 3.05) is 11.9 Å². The highest BCUT2D eigenvalue weighted by molar-refractivity contribution is 7.14. The van der Waals surface area contributed by atoms with Gasteiger partial charge in [-0.25, -0.2) is 9.37 Å². The molecule has 2 aromatic rings. The number of hydrogen-bond acceptors (Lipinski definition) is 5. The number of anilines is 1. The Morgan fingerprint density at radius 3 is 2.71 bits per heavy atom. The van der Waals surface area contributed by atoms with E-state index in [9.17, 15) is 18.8 Å². The third kappa shape index (κ3) is 4.84. The summed E-state index contributed by atoms with van der Waals surface area (Å²) in [5.41, 5.74) is 0.416. The van der Waals surface area contributed by atoms with Gasteiger partial charge in [-0.05, 0) is 18.2 Å². The van der Waals surface area contributed by atoms with E-state index in [1.54, 1.807) is 5.38 Å². The third-order valence-electron chi connectivity index (χ3n) is 2.92. The third-order valence-corrected chi connectivity index (χ3v) is 4.00. The van der Waals surface area contributed by atoms with E-state index in [0.717, 1.165) is 23.5 Å². The smallest absolute Gasteiger partial charge is 0.252 e. The number of hydrogen-bond donors (Lipinski definition) is 2. The van der Waals surface area contributed by atoms with Gasteiger partial charge in [-0.2, -0.15) is 0 Å². The van der Waals surface area contributed by atoms with Crippen LogP contribution in [0.4, 0.5) is 9.52 Å². The molecule has 0 aliphatic rings. The van der Waals surface area contributed by atoms with Crippen molar-refractivity contribution in [2.24, 2.45) is 0 Å². The van der Waals surface area contributed by atoms with E-state index in [-0.39, 0.29) is 40.9 Å². The highest BCUT2D eigenvalue weighted by Gasteiger charge is 2.12. The molecule has 1 aromatic carbocycles. The van der Waals surface area contributed by atoms with Gasteiger partial charge in [0.15, 0.2) is 10.9 Å². The van der Waals surface area contributed by atoms with Crippen LogP contribution in [0.3, 0.4) is 0 Å². The molecule has 0 saturated carbocycles. The summed E-state index contributed by atoms with van der Waals surface area (Å²) in [6.07, 6.45) is 0.0134. The molecule has 24 heavy (non-hydrogen) atoms. The van der Waals surface area contributed by atoms with Crippen molar-refractivity contribution < 1.29 is 18.8 Å². The van der Waals surface area contributed by atoms with E-state index in [1.807, 2.05) is 0 Å². The van der Waals surface area contributed by atoms with Crippen LogP contribution >= 0.6 is 22.9 Å². The summed E-state index contributed by atoms with van der Waals surface area (Å²) in [5.74, 6) is -1.58. The summed E-state index contributed by atoms with van der Waals surface area (Å²) in [6.45, 7) is 1.46. The first-order valence-electron chi connectivity index (χ1n) is 6.86. The predicted molar refractivity (Wildman–Crippen MR) is 89.1 cm³/mol. The second-order valence-corrected chi connectivity index (χ2v) is 6.04. The van der Waals surface area contributed by atoms with Crippen LogP contribution in [0.15, 0.2) is 23.6 Å². The summed E-state index contributed by atoms with van der Waals surface area (Å²) < 4.78 is 12.9. The van der Waals surface area contributed by atoms with Gasteiger partial charge in [0.05, 0.1) is 10.6 Å². The fourth-order valence-electron chi connectivity index (χ4n) is 1.73. The quantitative estimate of drug-likeness (QED) is 0.766. The lowest BCUT2D eigenvalue weighted by Gasteiger charge is -2.06. The Kier molecular flexibility index (Phi) is 5.99. The van der Waals surface area contributed by atoms with Gasteiger partial charge in [0.1, 0.15) is 11.5 Å². The standard InChI is InChI=1S/C15H13ClFN3O3S/c1-8(21)12-7-24-15(19-12)20-13(22)4-5-18-14(23)10-3-2-9(17)6-11(10)16/h2-3,6-7H,4-5H2,1H3,(H,18,23)(H,19,20,22). The molecule has 0 aliphatic carbocycles. The van der Waals surface area contributed by atoms with Crippen molar-refractivity contribution >= 4 is 45.7 Å². The van der Waals surface area contributed by atoms with E-state index in [1.165, 1.54) is 13.0 Å². The Hall–Kier alpha value is -2.32. The van der Waals surface area contributed by atoms with Gasteiger partial charge in [-0.15, -0.1) is 11.3 Å². The second kappa shape index (κ2) is 7.98. The zero-order valence-electron chi connectivity index (χ0n) is 12.6. The largest absolute Gasteiger partial charge is 0.351 e. The number of amides is 2. The monoisotopic (exact) mass is 369 g/mol. The molecular weight excluding hydrogens is 357 g/mol. The van der Waals surface area contributed by atoms with Gasteiger partial charge >= 0.3 is 0 Å². The van der Waals surface area contributed by atoms with Crippen LogP contribution in [0.5, 0.6) is 0 Å². The molecule has 2 N–H and O–H groups in total. The molecule has 0 radical (unpaired) electrons. The van der Waals surface area contributed by atoms with Crippen molar-refractivity contribution in [3.63, 3.8) is 0 Å². The van der Waals surface area contributed by atoms with Crippen LogP contribution in [0.2, 0.25) is 5.02 Å². The van der Waals surface area contributed by atoms with Gasteiger partial charge in [0.25, 0.3) is 5.91 Å². The number of Topliss-reactive ketones (excluding diaryl/α,β-unsaturated/α-hetero) is 1. The summed E-state index contributed by atoms with van der Waals surface area (Å²) >= 11 is 6.93. The molecule has 0 spiro atoms. The minimum Gasteiger partial charge on any atom is -0.351 e. The summed E-state index contributed by atoms with van der Waals surface area (Å²) in [6, 6.07) is 3.44. The molecular formula is C15H13ClFN3O3S. The molecule has 0 bridgehead atoms. The second-order valence-electron chi connectivity index (χ2n) is 4.77. The summed E-state index contributed by atoms with van der Waals surface area (Å²) in [4.78, 5) is 38.7. The molecule has 2 amide bonds. The number of carbonyl (C=O) groups is 3. The maximum absolute atomic E-state index is 12.9. The van der Waals surface area contributed by atoms with Gasteiger partial charge in [-0.1, -0.05) is 11.6 Å². The minimum atomic E-state index is -0.538. The molecule has 1 aromatic heterocycles. The maximum Gasteiger partial charge on any atom is 0.252 e.